The van der Waals surface area contributed by atoms with Crippen LogP contribution in [0.3, 0.4) is 0 Å². The van der Waals surface area contributed by atoms with Gasteiger partial charge in [-0.1, -0.05) is 42.5 Å². The van der Waals surface area contributed by atoms with Crippen LogP contribution in [0.5, 0.6) is 17.2 Å². The predicted octanol–water partition coefficient (Wildman–Crippen LogP) is 3.58. The molecular weight excluding hydrogens is 330 g/mol. The molecule has 26 heavy (non-hydrogen) atoms. The number of ether oxygens (including phenoxy) is 3. The van der Waals surface area contributed by atoms with Gasteiger partial charge in [-0.3, -0.25) is 4.79 Å². The van der Waals surface area contributed by atoms with Gasteiger partial charge in [-0.2, -0.15) is 0 Å². The third kappa shape index (κ3) is 4.36. The average molecular weight is 353 g/mol. The fourth-order valence-corrected chi connectivity index (χ4v) is 2.88. The molecule has 1 aliphatic rings. The van der Waals surface area contributed by atoms with E-state index < -0.39 is 0 Å². The molecule has 0 bridgehead atoms. The second kappa shape index (κ2) is 8.43. The molecule has 0 saturated carbocycles. The molecule has 0 fully saturated rings. The summed E-state index contributed by atoms with van der Waals surface area (Å²) in [6.45, 7) is 6.54. The first-order valence-electron chi connectivity index (χ1n) is 8.65. The van der Waals surface area contributed by atoms with Crippen molar-refractivity contribution in [1.29, 1.82) is 0 Å². The molecule has 5 heteroatoms. The summed E-state index contributed by atoms with van der Waals surface area (Å²) in [5.41, 5.74) is 2.15. The highest BCUT2D eigenvalue weighted by Gasteiger charge is 2.23. The molecule has 2 aromatic rings. The molecule has 2 aromatic carbocycles. The van der Waals surface area contributed by atoms with Gasteiger partial charge in [0.2, 0.25) is 0 Å². The first-order valence-corrected chi connectivity index (χ1v) is 8.65. The predicted molar refractivity (Wildman–Crippen MR) is 99.8 cm³/mol. The molecule has 3 rings (SSSR count). The number of para-hydroxylation sites is 2. The highest BCUT2D eigenvalue weighted by atomic mass is 16.5. The Morgan fingerprint density at radius 1 is 1.27 bits per heavy atom. The van der Waals surface area contributed by atoms with Crippen molar-refractivity contribution in [2.45, 2.75) is 19.4 Å². The molecule has 0 aromatic heterocycles. The maximum Gasteiger partial charge on any atom is 0.258 e. The first kappa shape index (κ1) is 17.9. The summed E-state index contributed by atoms with van der Waals surface area (Å²) in [5, 5.41) is 3.03. The minimum atomic E-state index is -0.178. The molecule has 1 amide bonds. The standard InChI is InChI=1S/C21H23NO4/c1-3-11-24-19-6-4-5-7-20(19)26-14-21(23)22-17-10-12-25-18-9-8-15(2)13-16(17)18/h3-9,13,17H,1,10-12,14H2,2H3,(H,22,23). The molecule has 0 radical (unpaired) electrons. The summed E-state index contributed by atoms with van der Waals surface area (Å²) in [6.07, 6.45) is 2.40. The Bertz CT molecular complexity index is 787. The maximum atomic E-state index is 12.4. The number of rotatable bonds is 7. The molecule has 0 spiro atoms. The van der Waals surface area contributed by atoms with Gasteiger partial charge in [-0.15, -0.1) is 0 Å². The summed E-state index contributed by atoms with van der Waals surface area (Å²) in [5.74, 6) is 1.78. The van der Waals surface area contributed by atoms with Crippen molar-refractivity contribution >= 4 is 5.91 Å². The average Bonchev–Trinajstić information content (AvgIpc) is 2.66. The third-order valence-electron chi connectivity index (χ3n) is 4.10. The Hall–Kier alpha value is -2.95. The highest BCUT2D eigenvalue weighted by Crippen LogP contribution is 2.32. The van der Waals surface area contributed by atoms with Crippen molar-refractivity contribution in [2.75, 3.05) is 19.8 Å². The van der Waals surface area contributed by atoms with Gasteiger partial charge in [0.1, 0.15) is 12.4 Å². The Kier molecular flexibility index (Phi) is 5.79. The number of carbonyl (C=O) groups is 1. The number of carbonyl (C=O) groups excluding carboxylic acids is 1. The van der Waals surface area contributed by atoms with Gasteiger partial charge in [0.25, 0.3) is 5.91 Å². The van der Waals surface area contributed by atoms with Crippen molar-refractivity contribution in [2.24, 2.45) is 0 Å². The van der Waals surface area contributed by atoms with Gasteiger partial charge in [-0.25, -0.2) is 0 Å². The van der Waals surface area contributed by atoms with Crippen LogP contribution >= 0.6 is 0 Å². The van der Waals surface area contributed by atoms with E-state index in [0.29, 0.717) is 24.7 Å². The van der Waals surface area contributed by atoms with Crippen molar-refractivity contribution in [3.8, 4) is 17.2 Å². The molecular formula is C21H23NO4. The van der Waals surface area contributed by atoms with Crippen LogP contribution < -0.4 is 19.5 Å². The van der Waals surface area contributed by atoms with Crippen LogP contribution in [-0.4, -0.2) is 25.7 Å². The number of benzene rings is 2. The van der Waals surface area contributed by atoms with Crippen LogP contribution in [0.25, 0.3) is 0 Å². The number of amides is 1. The number of aryl methyl sites for hydroxylation is 1. The molecule has 1 aliphatic heterocycles. The van der Waals surface area contributed by atoms with Crippen LogP contribution in [0.1, 0.15) is 23.6 Å². The van der Waals surface area contributed by atoms with Crippen molar-refractivity contribution in [3.05, 3.63) is 66.2 Å². The lowest BCUT2D eigenvalue weighted by Gasteiger charge is -2.27. The van der Waals surface area contributed by atoms with E-state index in [4.69, 9.17) is 14.2 Å². The second-order valence-corrected chi connectivity index (χ2v) is 6.13. The normalized spacial score (nSPS) is 15.3. The lowest BCUT2D eigenvalue weighted by atomic mass is 9.98. The summed E-state index contributed by atoms with van der Waals surface area (Å²) >= 11 is 0. The van der Waals surface area contributed by atoms with E-state index in [0.717, 1.165) is 23.3 Å². The monoisotopic (exact) mass is 353 g/mol. The zero-order chi connectivity index (χ0) is 18.4. The van der Waals surface area contributed by atoms with Crippen LogP contribution in [0, 0.1) is 6.92 Å². The van der Waals surface area contributed by atoms with Crippen LogP contribution in [-0.2, 0) is 4.79 Å². The Morgan fingerprint density at radius 2 is 2.04 bits per heavy atom. The lowest BCUT2D eigenvalue weighted by Crippen LogP contribution is -2.35. The third-order valence-corrected chi connectivity index (χ3v) is 4.10. The zero-order valence-corrected chi connectivity index (χ0v) is 14.9. The van der Waals surface area contributed by atoms with Crippen molar-refractivity contribution in [3.63, 3.8) is 0 Å². The molecule has 136 valence electrons. The second-order valence-electron chi connectivity index (χ2n) is 6.13. The van der Waals surface area contributed by atoms with E-state index in [1.807, 2.05) is 31.2 Å². The summed E-state index contributed by atoms with van der Waals surface area (Å²) in [6, 6.07) is 13.2. The Labute approximate surface area is 153 Å². The van der Waals surface area contributed by atoms with E-state index >= 15 is 0 Å². The van der Waals surface area contributed by atoms with Crippen molar-refractivity contribution in [1.82, 2.24) is 5.32 Å². The fraction of sp³-hybridized carbons (Fsp3) is 0.286. The van der Waals surface area contributed by atoms with Crippen molar-refractivity contribution < 1.29 is 19.0 Å². The minimum absolute atomic E-state index is 0.0676. The van der Waals surface area contributed by atoms with E-state index in [1.54, 1.807) is 18.2 Å². The molecule has 1 heterocycles. The first-order chi connectivity index (χ1) is 12.7. The largest absolute Gasteiger partial charge is 0.493 e. The lowest BCUT2D eigenvalue weighted by molar-refractivity contribution is -0.124. The van der Waals surface area contributed by atoms with Crippen LogP contribution in [0.4, 0.5) is 0 Å². The number of hydrogen-bond acceptors (Lipinski definition) is 4. The topological polar surface area (TPSA) is 56.8 Å². The van der Waals surface area contributed by atoms with Gasteiger partial charge < -0.3 is 19.5 Å². The highest BCUT2D eigenvalue weighted by molar-refractivity contribution is 5.78. The van der Waals surface area contributed by atoms with Gasteiger partial charge in [0.05, 0.1) is 12.6 Å². The van der Waals surface area contributed by atoms with E-state index in [-0.39, 0.29) is 18.6 Å². The molecule has 1 atom stereocenters. The molecule has 0 aliphatic carbocycles. The molecule has 0 saturated heterocycles. The summed E-state index contributed by atoms with van der Waals surface area (Å²) in [4.78, 5) is 12.4. The van der Waals surface area contributed by atoms with Crippen LogP contribution in [0.15, 0.2) is 55.1 Å². The van der Waals surface area contributed by atoms with Crippen LogP contribution in [0.2, 0.25) is 0 Å². The van der Waals surface area contributed by atoms with Gasteiger partial charge in [0, 0.05) is 12.0 Å². The SMILES string of the molecule is C=CCOc1ccccc1OCC(=O)NC1CCOc2ccc(C)cc21. The summed E-state index contributed by atoms with van der Waals surface area (Å²) in [7, 11) is 0. The van der Waals surface area contributed by atoms with E-state index in [2.05, 4.69) is 18.0 Å². The number of nitrogens with one attached hydrogen (secondary N) is 1. The zero-order valence-electron chi connectivity index (χ0n) is 14.9. The van der Waals surface area contributed by atoms with E-state index in [9.17, 15) is 4.79 Å². The molecule has 5 nitrogen and oxygen atoms in total. The van der Waals surface area contributed by atoms with Gasteiger partial charge >= 0.3 is 0 Å². The quantitative estimate of drug-likeness (QED) is 0.773. The number of hydrogen-bond donors (Lipinski definition) is 1. The smallest absolute Gasteiger partial charge is 0.258 e. The van der Waals surface area contributed by atoms with E-state index in [1.165, 1.54) is 0 Å². The molecule has 1 N–H and O–H groups in total. The Morgan fingerprint density at radius 3 is 2.81 bits per heavy atom. The molecule has 1 unspecified atom stereocenters. The number of fused-ring (bicyclic) bond motifs is 1. The van der Waals surface area contributed by atoms with Gasteiger partial charge in [-0.05, 0) is 25.1 Å². The minimum Gasteiger partial charge on any atom is -0.493 e. The fourth-order valence-electron chi connectivity index (χ4n) is 2.88. The van der Waals surface area contributed by atoms with Gasteiger partial charge in [0.15, 0.2) is 18.1 Å². The summed E-state index contributed by atoms with van der Waals surface area (Å²) < 4.78 is 16.8. The Balaban J connectivity index is 1.61. The maximum absolute atomic E-state index is 12.4.